The molecular formula is C19H26N4S. The highest BCUT2D eigenvalue weighted by atomic mass is 32.1. The van der Waals surface area contributed by atoms with E-state index in [1.54, 1.807) is 11.3 Å². The van der Waals surface area contributed by atoms with E-state index in [0.29, 0.717) is 5.92 Å². The van der Waals surface area contributed by atoms with Crippen LogP contribution in [-0.2, 0) is 19.4 Å². The Bertz CT molecular complexity index is 692. The van der Waals surface area contributed by atoms with Crippen LogP contribution in [0.15, 0.2) is 35.5 Å². The van der Waals surface area contributed by atoms with Gasteiger partial charge in [0, 0.05) is 30.6 Å². The third-order valence-corrected chi connectivity index (χ3v) is 5.73. The van der Waals surface area contributed by atoms with E-state index in [2.05, 4.69) is 51.8 Å². The Hall–Kier alpha value is -1.88. The second kappa shape index (κ2) is 8.29. The maximum Gasteiger partial charge on any atom is 0.191 e. The Morgan fingerprint density at radius 2 is 2.21 bits per heavy atom. The molecule has 0 fully saturated rings. The molecule has 4 nitrogen and oxygen atoms in total. The summed E-state index contributed by atoms with van der Waals surface area (Å²) in [4.78, 5) is 10.1. The number of thiazole rings is 1. The van der Waals surface area contributed by atoms with Crippen molar-refractivity contribution in [1.29, 1.82) is 0 Å². The van der Waals surface area contributed by atoms with Crippen molar-refractivity contribution in [3.63, 3.8) is 0 Å². The first-order valence-electron chi connectivity index (χ1n) is 8.76. The summed E-state index contributed by atoms with van der Waals surface area (Å²) in [6.07, 6.45) is 6.74. The number of aryl methyl sites for hydroxylation is 2. The van der Waals surface area contributed by atoms with Gasteiger partial charge < -0.3 is 10.6 Å². The number of hydrogen-bond acceptors (Lipinski definition) is 3. The van der Waals surface area contributed by atoms with Crippen LogP contribution < -0.4 is 10.6 Å². The van der Waals surface area contributed by atoms with Crippen molar-refractivity contribution in [3.8, 4) is 0 Å². The average molecular weight is 343 g/mol. The summed E-state index contributed by atoms with van der Waals surface area (Å²) in [5.41, 5.74) is 3.01. The van der Waals surface area contributed by atoms with Gasteiger partial charge in [0.2, 0.25) is 0 Å². The lowest BCUT2D eigenvalue weighted by Crippen LogP contribution is -2.39. The Morgan fingerprint density at radius 1 is 1.33 bits per heavy atom. The van der Waals surface area contributed by atoms with Gasteiger partial charge in [-0.15, -0.1) is 11.3 Å². The van der Waals surface area contributed by atoms with Gasteiger partial charge in [-0.3, -0.25) is 4.99 Å². The van der Waals surface area contributed by atoms with Crippen LogP contribution in [0.1, 0.15) is 46.7 Å². The molecule has 1 unspecified atom stereocenters. The van der Waals surface area contributed by atoms with Crippen LogP contribution in [0, 0.1) is 0 Å². The van der Waals surface area contributed by atoms with Crippen molar-refractivity contribution in [2.45, 2.75) is 45.1 Å². The van der Waals surface area contributed by atoms with Crippen molar-refractivity contribution in [3.05, 3.63) is 51.5 Å². The fourth-order valence-corrected chi connectivity index (χ4v) is 4.06. The number of hydrogen-bond donors (Lipinski definition) is 2. The lowest BCUT2D eigenvalue weighted by Gasteiger charge is -2.26. The van der Waals surface area contributed by atoms with Gasteiger partial charge in [0.05, 0.1) is 6.54 Å². The molecule has 0 saturated heterocycles. The largest absolute Gasteiger partial charge is 0.356 e. The van der Waals surface area contributed by atoms with E-state index in [4.69, 9.17) is 0 Å². The monoisotopic (exact) mass is 342 g/mol. The summed E-state index contributed by atoms with van der Waals surface area (Å²) in [6, 6.07) is 8.84. The molecular weight excluding hydrogens is 316 g/mol. The van der Waals surface area contributed by atoms with Crippen LogP contribution in [0.5, 0.6) is 0 Å². The third kappa shape index (κ3) is 4.15. The normalized spacial score (nSPS) is 17.4. The quantitative estimate of drug-likeness (QED) is 0.646. The maximum absolute atomic E-state index is 4.45. The minimum Gasteiger partial charge on any atom is -0.356 e. The molecule has 0 amide bonds. The first-order valence-corrected chi connectivity index (χ1v) is 9.57. The van der Waals surface area contributed by atoms with Gasteiger partial charge in [-0.1, -0.05) is 31.2 Å². The maximum atomic E-state index is 4.45. The SMILES string of the molecule is CCc1cnc(CNC(=NC)NCC2CCCc3ccccc32)s1. The highest BCUT2D eigenvalue weighted by Gasteiger charge is 2.19. The third-order valence-electron chi connectivity index (χ3n) is 4.59. The molecule has 3 rings (SSSR count). The molecule has 1 heterocycles. The van der Waals surface area contributed by atoms with Gasteiger partial charge in [-0.25, -0.2) is 4.98 Å². The molecule has 24 heavy (non-hydrogen) atoms. The van der Waals surface area contributed by atoms with Crippen LogP contribution in [0.25, 0.3) is 0 Å². The molecule has 5 heteroatoms. The molecule has 2 N–H and O–H groups in total. The van der Waals surface area contributed by atoms with E-state index >= 15 is 0 Å². The topological polar surface area (TPSA) is 49.3 Å². The van der Waals surface area contributed by atoms with Crippen LogP contribution in [0.3, 0.4) is 0 Å². The number of aromatic nitrogens is 1. The van der Waals surface area contributed by atoms with E-state index in [0.717, 1.165) is 30.5 Å². The average Bonchev–Trinajstić information content (AvgIpc) is 3.10. The predicted molar refractivity (Wildman–Crippen MR) is 102 cm³/mol. The smallest absolute Gasteiger partial charge is 0.191 e. The van der Waals surface area contributed by atoms with E-state index in [9.17, 15) is 0 Å². The number of benzene rings is 1. The van der Waals surface area contributed by atoms with Crippen molar-refractivity contribution in [2.75, 3.05) is 13.6 Å². The predicted octanol–water partition coefficient (Wildman–Crippen LogP) is 3.49. The highest BCUT2D eigenvalue weighted by molar-refractivity contribution is 7.11. The Balaban J connectivity index is 1.53. The minimum absolute atomic E-state index is 0.569. The summed E-state index contributed by atoms with van der Waals surface area (Å²) in [5, 5.41) is 7.97. The number of rotatable bonds is 5. The molecule has 128 valence electrons. The zero-order valence-corrected chi connectivity index (χ0v) is 15.3. The van der Waals surface area contributed by atoms with Gasteiger partial charge in [0.25, 0.3) is 0 Å². The van der Waals surface area contributed by atoms with Crippen molar-refractivity contribution in [2.24, 2.45) is 4.99 Å². The first kappa shape index (κ1) is 17.0. The standard InChI is InChI=1S/C19H26N4S/c1-3-16-12-21-18(24-16)13-23-19(20-2)22-11-15-9-6-8-14-7-4-5-10-17(14)15/h4-5,7,10,12,15H,3,6,8-9,11,13H2,1-2H3,(H2,20,22,23). The van der Waals surface area contributed by atoms with Gasteiger partial charge in [-0.2, -0.15) is 0 Å². The van der Waals surface area contributed by atoms with Crippen LogP contribution in [0.2, 0.25) is 0 Å². The fourth-order valence-electron chi connectivity index (χ4n) is 3.26. The van der Waals surface area contributed by atoms with Crippen molar-refractivity contribution >= 4 is 17.3 Å². The van der Waals surface area contributed by atoms with Crippen molar-refractivity contribution < 1.29 is 0 Å². The zero-order valence-electron chi connectivity index (χ0n) is 14.5. The fraction of sp³-hybridized carbons (Fsp3) is 0.474. The van der Waals surface area contributed by atoms with Crippen LogP contribution >= 0.6 is 11.3 Å². The molecule has 1 aromatic heterocycles. The highest BCUT2D eigenvalue weighted by Crippen LogP contribution is 2.30. The lowest BCUT2D eigenvalue weighted by molar-refractivity contribution is 0.539. The zero-order chi connectivity index (χ0) is 16.8. The number of aliphatic imine (C=N–C) groups is 1. The number of guanidine groups is 1. The van der Waals surface area contributed by atoms with E-state index in [1.165, 1.54) is 35.3 Å². The second-order valence-electron chi connectivity index (χ2n) is 6.17. The molecule has 0 radical (unpaired) electrons. The summed E-state index contributed by atoms with van der Waals surface area (Å²) < 4.78 is 0. The van der Waals surface area contributed by atoms with Gasteiger partial charge in [0.1, 0.15) is 5.01 Å². The van der Waals surface area contributed by atoms with Crippen molar-refractivity contribution in [1.82, 2.24) is 15.6 Å². The van der Waals surface area contributed by atoms with Gasteiger partial charge >= 0.3 is 0 Å². The number of nitrogens with one attached hydrogen (secondary N) is 2. The molecule has 2 aromatic rings. The Labute approximate surface area is 148 Å². The summed E-state index contributed by atoms with van der Waals surface area (Å²) in [7, 11) is 1.82. The molecule has 1 atom stereocenters. The van der Waals surface area contributed by atoms with Crippen LogP contribution in [-0.4, -0.2) is 24.5 Å². The first-order chi connectivity index (χ1) is 11.8. The van der Waals surface area contributed by atoms with E-state index in [1.807, 2.05) is 13.2 Å². The second-order valence-corrected chi connectivity index (χ2v) is 7.37. The van der Waals surface area contributed by atoms with E-state index in [-0.39, 0.29) is 0 Å². The summed E-state index contributed by atoms with van der Waals surface area (Å²) in [5.74, 6) is 1.42. The van der Waals surface area contributed by atoms with Crippen LogP contribution in [0.4, 0.5) is 0 Å². The lowest BCUT2D eigenvalue weighted by atomic mass is 9.83. The molecule has 0 bridgehead atoms. The molecule has 1 aromatic carbocycles. The van der Waals surface area contributed by atoms with Gasteiger partial charge in [-0.05, 0) is 36.8 Å². The Kier molecular flexibility index (Phi) is 5.86. The summed E-state index contributed by atoms with van der Waals surface area (Å²) >= 11 is 1.77. The summed E-state index contributed by atoms with van der Waals surface area (Å²) in [6.45, 7) is 3.81. The number of fused-ring (bicyclic) bond motifs is 1. The molecule has 0 aliphatic heterocycles. The van der Waals surface area contributed by atoms with Gasteiger partial charge in [0.15, 0.2) is 5.96 Å². The minimum atomic E-state index is 0.569. The molecule has 0 saturated carbocycles. The molecule has 1 aliphatic rings. The molecule has 1 aliphatic carbocycles. The Morgan fingerprint density at radius 3 is 3.00 bits per heavy atom. The number of nitrogens with zero attached hydrogens (tertiary/aromatic N) is 2. The van der Waals surface area contributed by atoms with E-state index < -0.39 is 0 Å². The molecule has 0 spiro atoms.